The number of ether oxygens (including phenoxy) is 3. The van der Waals surface area contributed by atoms with Crippen molar-refractivity contribution in [3.05, 3.63) is 77.2 Å². The number of aryl methyl sites for hydroxylation is 2. The Morgan fingerprint density at radius 3 is 2.56 bits per heavy atom. The second-order valence-electron chi connectivity index (χ2n) is 6.21. The lowest BCUT2D eigenvalue weighted by atomic mass is 10.1. The van der Waals surface area contributed by atoms with E-state index in [9.17, 15) is 9.59 Å². The van der Waals surface area contributed by atoms with E-state index in [1.165, 1.54) is 6.26 Å². The van der Waals surface area contributed by atoms with Crippen LogP contribution in [0.25, 0.3) is 0 Å². The first-order valence-electron chi connectivity index (χ1n) is 8.63. The Balaban J connectivity index is 1.83. The van der Waals surface area contributed by atoms with E-state index in [2.05, 4.69) is 5.32 Å². The van der Waals surface area contributed by atoms with Crippen LogP contribution in [0.1, 0.15) is 22.8 Å². The molecule has 0 bridgehead atoms. The quantitative estimate of drug-likeness (QED) is 0.820. The number of carbonyl (C=O) groups is 2. The Labute approximate surface area is 157 Å². The van der Waals surface area contributed by atoms with Crippen molar-refractivity contribution in [1.29, 1.82) is 0 Å². The van der Waals surface area contributed by atoms with Crippen LogP contribution in [0.5, 0.6) is 0 Å². The van der Waals surface area contributed by atoms with E-state index in [0.717, 1.165) is 11.1 Å². The Hall–Kier alpha value is -3.28. The van der Waals surface area contributed by atoms with Gasteiger partial charge in [0, 0.05) is 11.3 Å². The fourth-order valence-electron chi connectivity index (χ4n) is 2.61. The van der Waals surface area contributed by atoms with Crippen molar-refractivity contribution in [2.24, 2.45) is 0 Å². The topological polar surface area (TPSA) is 73.9 Å². The van der Waals surface area contributed by atoms with Gasteiger partial charge < -0.3 is 19.5 Å². The van der Waals surface area contributed by atoms with Gasteiger partial charge in [-0.3, -0.25) is 4.79 Å². The first-order valence-corrected chi connectivity index (χ1v) is 8.63. The number of nitrogens with one attached hydrogen (secondary N) is 1. The first kappa shape index (κ1) is 18.5. The number of amides is 1. The van der Waals surface area contributed by atoms with Gasteiger partial charge in [-0.25, -0.2) is 4.79 Å². The number of carbonyl (C=O) groups excluding carboxylic acids is 2. The molecule has 0 aromatic heterocycles. The van der Waals surface area contributed by atoms with Crippen molar-refractivity contribution in [2.75, 3.05) is 18.5 Å². The molecule has 6 heteroatoms. The average molecular weight is 367 g/mol. The van der Waals surface area contributed by atoms with Crippen LogP contribution in [0.4, 0.5) is 5.69 Å². The Bertz CT molecular complexity index is 860. The largest absolute Gasteiger partial charge is 0.493 e. The number of hydrogen-bond donors (Lipinski definition) is 1. The highest BCUT2D eigenvalue weighted by Gasteiger charge is 2.28. The number of benzene rings is 2. The summed E-state index contributed by atoms with van der Waals surface area (Å²) in [6.07, 6.45) is 0.0845. The van der Waals surface area contributed by atoms with Gasteiger partial charge in [-0.15, -0.1) is 0 Å². The van der Waals surface area contributed by atoms with E-state index < -0.39 is 18.0 Å². The van der Waals surface area contributed by atoms with Crippen molar-refractivity contribution < 1.29 is 23.8 Å². The van der Waals surface area contributed by atoms with E-state index >= 15 is 0 Å². The molecule has 0 fully saturated rings. The molecular formula is C21H21NO5. The van der Waals surface area contributed by atoms with Crippen molar-refractivity contribution >= 4 is 17.6 Å². The zero-order chi connectivity index (χ0) is 19.2. The molecule has 0 unspecified atom stereocenters. The number of esters is 1. The van der Waals surface area contributed by atoms with Crippen LogP contribution in [0.3, 0.4) is 0 Å². The molecular weight excluding hydrogens is 346 g/mol. The van der Waals surface area contributed by atoms with Gasteiger partial charge in [-0.05, 0) is 31.0 Å². The Morgan fingerprint density at radius 2 is 1.85 bits per heavy atom. The lowest BCUT2D eigenvalue weighted by Gasteiger charge is -2.21. The highest BCUT2D eigenvalue weighted by molar-refractivity contribution is 5.98. The molecule has 2 aromatic carbocycles. The minimum atomic E-state index is -1.12. The van der Waals surface area contributed by atoms with Gasteiger partial charge in [0.05, 0.1) is 0 Å². The van der Waals surface area contributed by atoms with Crippen LogP contribution in [-0.4, -0.2) is 25.1 Å². The molecule has 1 atom stereocenters. The lowest BCUT2D eigenvalue weighted by molar-refractivity contribution is -0.155. The summed E-state index contributed by atoms with van der Waals surface area (Å²) in [5.74, 6) is -1.25. The fourth-order valence-corrected chi connectivity index (χ4v) is 2.61. The van der Waals surface area contributed by atoms with Gasteiger partial charge in [0.2, 0.25) is 11.9 Å². The molecule has 140 valence electrons. The van der Waals surface area contributed by atoms with Gasteiger partial charge >= 0.3 is 5.97 Å². The van der Waals surface area contributed by atoms with Crippen molar-refractivity contribution in [2.45, 2.75) is 20.0 Å². The summed E-state index contributed by atoms with van der Waals surface area (Å²) in [6, 6.07) is 14.6. The third-order valence-electron chi connectivity index (χ3n) is 4.07. The van der Waals surface area contributed by atoms with Gasteiger partial charge in [0.1, 0.15) is 19.5 Å². The molecule has 2 aromatic rings. The second kappa shape index (κ2) is 8.40. The SMILES string of the molecule is Cc1ccc(C)c(NC(=O)[C@@H](OC(=O)C2=COCCO2)c2ccccc2)c1. The molecule has 1 amide bonds. The zero-order valence-electron chi connectivity index (χ0n) is 15.2. The molecule has 6 nitrogen and oxygen atoms in total. The molecule has 0 spiro atoms. The van der Waals surface area contributed by atoms with Crippen LogP contribution in [0, 0.1) is 13.8 Å². The van der Waals surface area contributed by atoms with Crippen LogP contribution >= 0.6 is 0 Å². The summed E-state index contributed by atoms with van der Waals surface area (Å²) in [7, 11) is 0. The van der Waals surface area contributed by atoms with Crippen LogP contribution in [0.15, 0.2) is 60.6 Å². The summed E-state index contributed by atoms with van der Waals surface area (Å²) in [4.78, 5) is 25.3. The number of anilines is 1. The van der Waals surface area contributed by atoms with Crippen molar-refractivity contribution in [3.63, 3.8) is 0 Å². The zero-order valence-corrected chi connectivity index (χ0v) is 15.2. The summed E-state index contributed by atoms with van der Waals surface area (Å²) >= 11 is 0. The fraction of sp³-hybridized carbons (Fsp3) is 0.238. The molecule has 0 radical (unpaired) electrons. The summed E-state index contributed by atoms with van der Waals surface area (Å²) in [5, 5.41) is 2.85. The molecule has 27 heavy (non-hydrogen) atoms. The van der Waals surface area contributed by atoms with Crippen molar-refractivity contribution in [1.82, 2.24) is 0 Å². The maximum absolute atomic E-state index is 12.9. The highest BCUT2D eigenvalue weighted by atomic mass is 16.6. The third-order valence-corrected chi connectivity index (χ3v) is 4.07. The minimum Gasteiger partial charge on any atom is -0.493 e. The normalized spacial score (nSPS) is 14.2. The number of hydrogen-bond acceptors (Lipinski definition) is 5. The van der Waals surface area contributed by atoms with Crippen LogP contribution in [-0.2, 0) is 23.8 Å². The average Bonchev–Trinajstić information content (AvgIpc) is 2.70. The van der Waals surface area contributed by atoms with E-state index in [1.807, 2.05) is 38.1 Å². The highest BCUT2D eigenvalue weighted by Crippen LogP contribution is 2.24. The molecule has 1 aliphatic rings. The van der Waals surface area contributed by atoms with Gasteiger partial charge in [0.25, 0.3) is 5.91 Å². The lowest BCUT2D eigenvalue weighted by Crippen LogP contribution is -2.28. The molecule has 0 saturated heterocycles. The van der Waals surface area contributed by atoms with E-state index in [4.69, 9.17) is 14.2 Å². The van der Waals surface area contributed by atoms with Gasteiger partial charge in [0.15, 0.2) is 0 Å². The standard InChI is InChI=1S/C21H21NO5/c1-14-8-9-15(2)17(12-14)22-20(23)19(16-6-4-3-5-7-16)27-21(24)18-13-25-10-11-26-18/h3-9,12-13,19H,10-11H2,1-2H3,(H,22,23)/t19-/m0/s1. The maximum Gasteiger partial charge on any atom is 0.378 e. The predicted octanol–water partition coefficient (Wildman–Crippen LogP) is 3.41. The van der Waals surface area contributed by atoms with Gasteiger partial charge in [-0.2, -0.15) is 0 Å². The first-order chi connectivity index (χ1) is 13.0. The van der Waals surface area contributed by atoms with Crippen LogP contribution in [0.2, 0.25) is 0 Å². The third kappa shape index (κ3) is 4.67. The summed E-state index contributed by atoms with van der Waals surface area (Å²) < 4.78 is 15.8. The molecule has 3 rings (SSSR count). The Kier molecular flexibility index (Phi) is 5.76. The minimum absolute atomic E-state index is 0.0540. The summed E-state index contributed by atoms with van der Waals surface area (Å²) in [6.45, 7) is 4.46. The molecule has 1 heterocycles. The Morgan fingerprint density at radius 1 is 1.07 bits per heavy atom. The molecule has 0 saturated carbocycles. The maximum atomic E-state index is 12.9. The van der Waals surface area contributed by atoms with Crippen molar-refractivity contribution in [3.8, 4) is 0 Å². The summed E-state index contributed by atoms with van der Waals surface area (Å²) in [5.41, 5.74) is 3.17. The van der Waals surface area contributed by atoms with E-state index in [-0.39, 0.29) is 12.4 Å². The predicted molar refractivity (Wildman–Crippen MR) is 99.8 cm³/mol. The van der Waals surface area contributed by atoms with E-state index in [0.29, 0.717) is 17.9 Å². The smallest absolute Gasteiger partial charge is 0.378 e. The number of rotatable bonds is 5. The molecule has 1 N–H and O–H groups in total. The molecule has 1 aliphatic heterocycles. The van der Waals surface area contributed by atoms with E-state index in [1.54, 1.807) is 24.3 Å². The monoisotopic (exact) mass is 367 g/mol. The van der Waals surface area contributed by atoms with Gasteiger partial charge in [-0.1, -0.05) is 42.5 Å². The second-order valence-corrected chi connectivity index (χ2v) is 6.21. The molecule has 0 aliphatic carbocycles. The van der Waals surface area contributed by atoms with Crippen LogP contribution < -0.4 is 5.32 Å².